The molecule has 2 aromatic rings. The van der Waals surface area contributed by atoms with Gasteiger partial charge in [0.25, 0.3) is 0 Å². The largest absolute Gasteiger partial charge is 0.339 e. The first-order valence-electron chi connectivity index (χ1n) is 8.55. The molecule has 1 atom stereocenters. The number of rotatable bonds is 6. The quantitative estimate of drug-likeness (QED) is 0.841. The topological polar surface area (TPSA) is 88.3 Å². The van der Waals surface area contributed by atoms with Gasteiger partial charge in [0.2, 0.25) is 15.9 Å². The SMILES string of the molecule is CNC(C)Cc1noc(C2CCN(S(=O)(=O)c3ccccc3)CC2)n1. The summed E-state index contributed by atoms with van der Waals surface area (Å²) in [5.41, 5.74) is 0. The highest BCUT2D eigenvalue weighted by Gasteiger charge is 2.32. The van der Waals surface area contributed by atoms with Crippen molar-refractivity contribution in [3.63, 3.8) is 0 Å². The lowest BCUT2D eigenvalue weighted by Gasteiger charge is -2.29. The molecule has 0 radical (unpaired) electrons. The van der Waals surface area contributed by atoms with Gasteiger partial charge in [-0.15, -0.1) is 0 Å². The van der Waals surface area contributed by atoms with Gasteiger partial charge in [0.05, 0.1) is 4.90 Å². The third-order valence-electron chi connectivity index (χ3n) is 4.65. The Hall–Kier alpha value is -1.77. The molecule has 0 aliphatic carbocycles. The number of hydrogen-bond donors (Lipinski definition) is 1. The number of sulfonamides is 1. The first kappa shape index (κ1) is 18.0. The Bertz CT molecular complexity index is 783. The van der Waals surface area contributed by atoms with Gasteiger partial charge >= 0.3 is 0 Å². The predicted octanol–water partition coefficient (Wildman–Crippen LogP) is 1.79. The van der Waals surface area contributed by atoms with Crippen molar-refractivity contribution in [2.24, 2.45) is 0 Å². The van der Waals surface area contributed by atoms with E-state index in [1.165, 1.54) is 0 Å². The summed E-state index contributed by atoms with van der Waals surface area (Å²) in [7, 11) is -1.53. The van der Waals surface area contributed by atoms with Crippen molar-refractivity contribution in [2.75, 3.05) is 20.1 Å². The van der Waals surface area contributed by atoms with Crippen molar-refractivity contribution >= 4 is 10.0 Å². The molecule has 1 fully saturated rings. The Morgan fingerprint density at radius 3 is 2.60 bits per heavy atom. The van der Waals surface area contributed by atoms with Crippen molar-refractivity contribution in [1.29, 1.82) is 0 Å². The third kappa shape index (κ3) is 4.08. The second-order valence-electron chi connectivity index (χ2n) is 6.43. The van der Waals surface area contributed by atoms with Crippen LogP contribution in [0.5, 0.6) is 0 Å². The number of benzene rings is 1. The zero-order valence-corrected chi connectivity index (χ0v) is 15.4. The number of likely N-dealkylation sites (N-methyl/N-ethyl adjacent to an activating group) is 1. The smallest absolute Gasteiger partial charge is 0.243 e. The maximum atomic E-state index is 12.7. The fraction of sp³-hybridized carbons (Fsp3) is 0.529. The minimum absolute atomic E-state index is 0.119. The van der Waals surface area contributed by atoms with Gasteiger partial charge in [-0.25, -0.2) is 8.42 Å². The third-order valence-corrected chi connectivity index (χ3v) is 6.56. The van der Waals surface area contributed by atoms with Gasteiger partial charge in [-0.05, 0) is 38.9 Å². The molecule has 0 saturated carbocycles. The molecule has 0 spiro atoms. The summed E-state index contributed by atoms with van der Waals surface area (Å²) in [5.74, 6) is 1.43. The second-order valence-corrected chi connectivity index (χ2v) is 8.37. The molecule has 7 nitrogen and oxygen atoms in total. The van der Waals surface area contributed by atoms with E-state index in [4.69, 9.17) is 4.52 Å². The first-order valence-corrected chi connectivity index (χ1v) is 9.99. The first-order chi connectivity index (χ1) is 12.0. The van der Waals surface area contributed by atoms with Crippen LogP contribution in [0, 0.1) is 0 Å². The average Bonchev–Trinajstić information content (AvgIpc) is 3.11. The highest BCUT2D eigenvalue weighted by atomic mass is 32.2. The van der Waals surface area contributed by atoms with Gasteiger partial charge in [-0.1, -0.05) is 23.4 Å². The average molecular weight is 364 g/mol. The summed E-state index contributed by atoms with van der Waals surface area (Å²) < 4.78 is 32.3. The van der Waals surface area contributed by atoms with Crippen LogP contribution >= 0.6 is 0 Å². The van der Waals surface area contributed by atoms with Gasteiger partial charge in [0, 0.05) is 31.5 Å². The second kappa shape index (κ2) is 7.63. The summed E-state index contributed by atoms with van der Waals surface area (Å²) >= 11 is 0. The Morgan fingerprint density at radius 1 is 1.28 bits per heavy atom. The maximum Gasteiger partial charge on any atom is 0.243 e. The summed E-state index contributed by atoms with van der Waals surface area (Å²) in [6.45, 7) is 2.99. The number of nitrogens with one attached hydrogen (secondary N) is 1. The van der Waals surface area contributed by atoms with Gasteiger partial charge in [-0.2, -0.15) is 9.29 Å². The van der Waals surface area contributed by atoms with Gasteiger partial charge < -0.3 is 9.84 Å². The zero-order chi connectivity index (χ0) is 17.9. The van der Waals surface area contributed by atoms with Crippen LogP contribution in [-0.4, -0.2) is 49.0 Å². The molecule has 1 aromatic heterocycles. The van der Waals surface area contributed by atoms with E-state index in [0.717, 1.165) is 0 Å². The minimum atomic E-state index is -3.42. The Labute approximate surface area is 148 Å². The summed E-state index contributed by atoms with van der Waals surface area (Å²) in [4.78, 5) is 4.82. The van der Waals surface area contributed by atoms with Crippen molar-refractivity contribution in [3.05, 3.63) is 42.0 Å². The van der Waals surface area contributed by atoms with Crippen LogP contribution in [0.3, 0.4) is 0 Å². The number of piperidine rings is 1. The van der Waals surface area contributed by atoms with Crippen LogP contribution in [0.1, 0.15) is 37.4 Å². The molecule has 1 saturated heterocycles. The van der Waals surface area contributed by atoms with Crippen LogP contribution in [0.25, 0.3) is 0 Å². The molecule has 2 heterocycles. The number of nitrogens with zero attached hydrogens (tertiary/aromatic N) is 3. The molecule has 25 heavy (non-hydrogen) atoms. The van der Waals surface area contributed by atoms with Crippen LogP contribution in [0.2, 0.25) is 0 Å². The highest BCUT2D eigenvalue weighted by molar-refractivity contribution is 7.89. The van der Waals surface area contributed by atoms with Gasteiger partial charge in [0.15, 0.2) is 5.82 Å². The van der Waals surface area contributed by atoms with E-state index in [-0.39, 0.29) is 12.0 Å². The lowest BCUT2D eigenvalue weighted by molar-refractivity contribution is 0.270. The standard InChI is InChI=1S/C17H24N4O3S/c1-13(18-2)12-16-19-17(24-20-16)14-8-10-21(11-9-14)25(22,23)15-6-4-3-5-7-15/h3-7,13-14,18H,8-12H2,1-2H3. The fourth-order valence-electron chi connectivity index (χ4n) is 2.98. The fourth-order valence-corrected chi connectivity index (χ4v) is 4.47. The predicted molar refractivity (Wildman–Crippen MR) is 93.7 cm³/mol. The van der Waals surface area contributed by atoms with Gasteiger partial charge in [0.1, 0.15) is 0 Å². The maximum absolute atomic E-state index is 12.7. The van der Waals surface area contributed by atoms with Crippen molar-refractivity contribution in [3.8, 4) is 0 Å². The van der Waals surface area contributed by atoms with E-state index in [1.54, 1.807) is 28.6 Å². The lowest BCUT2D eigenvalue weighted by atomic mass is 9.98. The Kier molecular flexibility index (Phi) is 5.51. The Balaban J connectivity index is 1.62. The monoisotopic (exact) mass is 364 g/mol. The van der Waals surface area contributed by atoms with Gasteiger partial charge in [-0.3, -0.25) is 0 Å². The van der Waals surface area contributed by atoms with Crippen molar-refractivity contribution < 1.29 is 12.9 Å². The molecule has 3 rings (SSSR count). The number of hydrogen-bond acceptors (Lipinski definition) is 6. The van der Waals surface area contributed by atoms with Crippen LogP contribution < -0.4 is 5.32 Å². The number of aromatic nitrogens is 2. The molecule has 8 heteroatoms. The molecule has 1 aliphatic rings. The highest BCUT2D eigenvalue weighted by Crippen LogP contribution is 2.29. The van der Waals surface area contributed by atoms with E-state index >= 15 is 0 Å². The lowest BCUT2D eigenvalue weighted by Crippen LogP contribution is -2.37. The van der Waals surface area contributed by atoms with E-state index in [2.05, 4.69) is 22.4 Å². The molecule has 0 bridgehead atoms. The molecule has 1 aromatic carbocycles. The molecule has 136 valence electrons. The van der Waals surface area contributed by atoms with Crippen LogP contribution in [-0.2, 0) is 16.4 Å². The van der Waals surface area contributed by atoms with Crippen LogP contribution in [0.15, 0.2) is 39.8 Å². The molecule has 1 aliphatic heterocycles. The molecular formula is C17H24N4O3S. The Morgan fingerprint density at radius 2 is 1.96 bits per heavy atom. The summed E-state index contributed by atoms with van der Waals surface area (Å²) in [6, 6.07) is 8.84. The normalized spacial score (nSPS) is 18.3. The zero-order valence-electron chi connectivity index (χ0n) is 14.6. The van der Waals surface area contributed by atoms with Crippen LogP contribution in [0.4, 0.5) is 0 Å². The van der Waals surface area contributed by atoms with Crippen molar-refractivity contribution in [2.45, 2.75) is 43.0 Å². The summed E-state index contributed by atoms with van der Waals surface area (Å²) in [5, 5.41) is 7.18. The minimum Gasteiger partial charge on any atom is -0.339 e. The summed E-state index contributed by atoms with van der Waals surface area (Å²) in [6.07, 6.45) is 2.09. The molecular weight excluding hydrogens is 340 g/mol. The van der Waals surface area contributed by atoms with E-state index in [1.807, 2.05) is 13.1 Å². The van der Waals surface area contributed by atoms with E-state index in [0.29, 0.717) is 49.0 Å². The molecule has 1 unspecified atom stereocenters. The molecule has 1 N–H and O–H groups in total. The molecule has 0 amide bonds. The van der Waals surface area contributed by atoms with E-state index in [9.17, 15) is 8.42 Å². The van der Waals surface area contributed by atoms with E-state index < -0.39 is 10.0 Å². The van der Waals surface area contributed by atoms with Crippen molar-refractivity contribution in [1.82, 2.24) is 19.8 Å².